The fourth-order valence-corrected chi connectivity index (χ4v) is 2.99. The lowest BCUT2D eigenvalue weighted by Crippen LogP contribution is -1.97. The second-order valence-corrected chi connectivity index (χ2v) is 5.81. The fraction of sp³-hybridized carbons (Fsp3) is 0.118. The second-order valence-electron chi connectivity index (χ2n) is 4.75. The van der Waals surface area contributed by atoms with Crippen molar-refractivity contribution in [3.05, 3.63) is 54.9 Å². The van der Waals surface area contributed by atoms with Crippen LogP contribution in [0.1, 0.15) is 0 Å². The molecule has 0 bridgehead atoms. The Balaban J connectivity index is 1.93. The van der Waals surface area contributed by atoms with Crippen LogP contribution in [-0.4, -0.2) is 29.0 Å². The van der Waals surface area contributed by atoms with Crippen molar-refractivity contribution in [2.24, 2.45) is 0 Å². The monoisotopic (exact) mass is 323 g/mol. The van der Waals surface area contributed by atoms with Crippen molar-refractivity contribution < 1.29 is 0 Å². The first-order chi connectivity index (χ1) is 11.3. The fourth-order valence-electron chi connectivity index (χ4n) is 2.10. The molecule has 3 rings (SSSR count). The van der Waals surface area contributed by atoms with Crippen molar-refractivity contribution in [3.8, 4) is 11.3 Å². The van der Waals surface area contributed by atoms with Crippen LogP contribution in [0.3, 0.4) is 0 Å². The maximum Gasteiger partial charge on any atom is 0.222 e. The summed E-state index contributed by atoms with van der Waals surface area (Å²) in [4.78, 5) is 14.3. The Morgan fingerprint density at radius 2 is 1.70 bits per heavy atom. The molecule has 0 fully saturated rings. The van der Waals surface area contributed by atoms with Crippen molar-refractivity contribution in [2.45, 2.75) is 9.92 Å². The number of rotatable bonds is 5. The van der Waals surface area contributed by atoms with Gasteiger partial charge in [0.25, 0.3) is 0 Å². The first kappa shape index (κ1) is 15.3. The van der Waals surface area contributed by atoms with Gasteiger partial charge < -0.3 is 10.6 Å². The zero-order valence-corrected chi connectivity index (χ0v) is 13.8. The topological polar surface area (TPSA) is 62.7 Å². The minimum absolute atomic E-state index is 0.598. The Morgan fingerprint density at radius 3 is 2.43 bits per heavy atom. The molecule has 0 unspecified atom stereocenters. The number of hydrogen-bond donors (Lipinski definition) is 2. The Morgan fingerprint density at radius 1 is 0.870 bits per heavy atom. The smallest absolute Gasteiger partial charge is 0.222 e. The molecule has 0 saturated carbocycles. The Labute approximate surface area is 139 Å². The molecule has 1 aromatic carbocycles. The zero-order valence-electron chi connectivity index (χ0n) is 12.9. The van der Waals surface area contributed by atoms with Crippen LogP contribution in [0.4, 0.5) is 11.6 Å². The van der Waals surface area contributed by atoms with Crippen LogP contribution >= 0.6 is 11.8 Å². The third-order valence-corrected chi connectivity index (χ3v) is 4.31. The minimum atomic E-state index is 0.598. The summed E-state index contributed by atoms with van der Waals surface area (Å²) in [6.07, 6.45) is 3.55. The predicted octanol–water partition coefficient (Wildman–Crippen LogP) is 3.77. The molecule has 0 atom stereocenters. The molecule has 2 aromatic heterocycles. The van der Waals surface area contributed by atoms with Crippen LogP contribution in [0.15, 0.2) is 64.8 Å². The van der Waals surface area contributed by atoms with E-state index in [1.54, 1.807) is 31.2 Å². The Hall–Kier alpha value is -2.60. The summed E-state index contributed by atoms with van der Waals surface area (Å²) < 4.78 is 0. The van der Waals surface area contributed by atoms with Crippen LogP contribution in [0.5, 0.6) is 0 Å². The molecule has 0 aliphatic carbocycles. The van der Waals surface area contributed by atoms with Crippen molar-refractivity contribution >= 4 is 23.4 Å². The summed E-state index contributed by atoms with van der Waals surface area (Å²) in [5.41, 5.74) is 2.94. The van der Waals surface area contributed by atoms with Crippen molar-refractivity contribution in [2.75, 3.05) is 24.7 Å². The number of nitrogens with zero attached hydrogens (tertiary/aromatic N) is 3. The third kappa shape index (κ3) is 3.60. The summed E-state index contributed by atoms with van der Waals surface area (Å²) in [7, 11) is 3.72. The summed E-state index contributed by atoms with van der Waals surface area (Å²) in [5, 5.41) is 7.00. The Bertz CT molecular complexity index is 789. The van der Waals surface area contributed by atoms with Gasteiger partial charge in [-0.1, -0.05) is 11.8 Å². The van der Waals surface area contributed by atoms with Crippen LogP contribution in [0, 0.1) is 0 Å². The second kappa shape index (κ2) is 7.11. The maximum absolute atomic E-state index is 4.51. The normalized spacial score (nSPS) is 10.3. The van der Waals surface area contributed by atoms with Gasteiger partial charge in [0, 0.05) is 42.6 Å². The predicted molar refractivity (Wildman–Crippen MR) is 94.9 cm³/mol. The van der Waals surface area contributed by atoms with E-state index in [0.29, 0.717) is 5.95 Å². The molecule has 5 nitrogen and oxygen atoms in total. The SMILES string of the molecule is CNc1ccc(Sc2ncccc2-c2ccnc(NC)n2)cc1. The lowest BCUT2D eigenvalue weighted by Gasteiger charge is -2.09. The lowest BCUT2D eigenvalue weighted by molar-refractivity contribution is 1.10. The van der Waals surface area contributed by atoms with E-state index in [9.17, 15) is 0 Å². The van der Waals surface area contributed by atoms with E-state index >= 15 is 0 Å². The van der Waals surface area contributed by atoms with Gasteiger partial charge in [0.1, 0.15) is 5.03 Å². The van der Waals surface area contributed by atoms with Gasteiger partial charge in [-0.3, -0.25) is 0 Å². The standard InChI is InChI=1S/C17H17N5S/c1-18-12-5-7-13(8-6-12)23-16-14(4-3-10-20-16)15-9-11-21-17(19-2)22-15/h3-11,18H,1-2H3,(H,19,21,22). The molecule has 0 spiro atoms. The Kier molecular flexibility index (Phi) is 4.73. The van der Waals surface area contributed by atoms with E-state index in [1.807, 2.05) is 25.2 Å². The van der Waals surface area contributed by atoms with Crippen molar-refractivity contribution in [1.29, 1.82) is 0 Å². The molecule has 0 saturated heterocycles. The summed E-state index contributed by atoms with van der Waals surface area (Å²) in [6, 6.07) is 14.1. The number of benzene rings is 1. The highest BCUT2D eigenvalue weighted by Gasteiger charge is 2.10. The van der Waals surface area contributed by atoms with Gasteiger partial charge in [-0.2, -0.15) is 0 Å². The lowest BCUT2D eigenvalue weighted by atomic mass is 10.2. The first-order valence-electron chi connectivity index (χ1n) is 7.22. The third-order valence-electron chi connectivity index (χ3n) is 3.28. The van der Waals surface area contributed by atoms with E-state index in [4.69, 9.17) is 0 Å². The van der Waals surface area contributed by atoms with Gasteiger partial charge in [0.2, 0.25) is 5.95 Å². The number of hydrogen-bond acceptors (Lipinski definition) is 6. The molecule has 0 radical (unpaired) electrons. The molecule has 6 heteroatoms. The molecule has 3 aromatic rings. The van der Waals surface area contributed by atoms with Gasteiger partial charge in [-0.25, -0.2) is 15.0 Å². The van der Waals surface area contributed by atoms with Gasteiger partial charge in [-0.15, -0.1) is 0 Å². The highest BCUT2D eigenvalue weighted by atomic mass is 32.2. The van der Waals surface area contributed by atoms with Crippen molar-refractivity contribution in [1.82, 2.24) is 15.0 Å². The molecular weight excluding hydrogens is 306 g/mol. The zero-order chi connectivity index (χ0) is 16.1. The minimum Gasteiger partial charge on any atom is -0.388 e. The molecule has 0 aliphatic rings. The van der Waals surface area contributed by atoms with Crippen LogP contribution in [0.2, 0.25) is 0 Å². The van der Waals surface area contributed by atoms with Crippen LogP contribution in [-0.2, 0) is 0 Å². The molecule has 2 N–H and O–H groups in total. The van der Waals surface area contributed by atoms with Gasteiger partial charge in [0.15, 0.2) is 0 Å². The highest BCUT2D eigenvalue weighted by molar-refractivity contribution is 7.99. The quantitative estimate of drug-likeness (QED) is 0.745. The van der Waals surface area contributed by atoms with Crippen LogP contribution in [0.25, 0.3) is 11.3 Å². The van der Waals surface area contributed by atoms with E-state index in [2.05, 4.69) is 49.9 Å². The summed E-state index contributed by atoms with van der Waals surface area (Å²) in [6.45, 7) is 0. The summed E-state index contributed by atoms with van der Waals surface area (Å²) >= 11 is 1.62. The van der Waals surface area contributed by atoms with Gasteiger partial charge >= 0.3 is 0 Å². The van der Waals surface area contributed by atoms with Gasteiger partial charge in [0.05, 0.1) is 5.69 Å². The number of pyridine rings is 1. The highest BCUT2D eigenvalue weighted by Crippen LogP contribution is 2.34. The molecule has 0 aliphatic heterocycles. The molecule has 2 heterocycles. The molecule has 23 heavy (non-hydrogen) atoms. The van der Waals surface area contributed by atoms with E-state index in [1.165, 1.54) is 0 Å². The number of nitrogens with one attached hydrogen (secondary N) is 2. The molecule has 116 valence electrons. The average Bonchev–Trinajstić information content (AvgIpc) is 2.63. The van der Waals surface area contributed by atoms with E-state index in [-0.39, 0.29) is 0 Å². The first-order valence-corrected chi connectivity index (χ1v) is 8.03. The van der Waals surface area contributed by atoms with Crippen molar-refractivity contribution in [3.63, 3.8) is 0 Å². The molecular formula is C17H17N5S. The number of aromatic nitrogens is 3. The van der Waals surface area contributed by atoms with E-state index in [0.717, 1.165) is 26.9 Å². The molecule has 0 amide bonds. The number of anilines is 2. The largest absolute Gasteiger partial charge is 0.388 e. The van der Waals surface area contributed by atoms with Crippen LogP contribution < -0.4 is 10.6 Å². The maximum atomic E-state index is 4.51. The average molecular weight is 323 g/mol. The van der Waals surface area contributed by atoms with E-state index < -0.39 is 0 Å². The van der Waals surface area contributed by atoms with Gasteiger partial charge in [-0.05, 0) is 42.5 Å². The summed E-state index contributed by atoms with van der Waals surface area (Å²) in [5.74, 6) is 0.598.